The average molecular weight is 392 g/mol. The number of carbonyl (C=O) groups is 1. The van der Waals surface area contributed by atoms with Crippen molar-refractivity contribution in [2.24, 2.45) is 0 Å². The molecule has 0 fully saturated rings. The fourth-order valence-electron chi connectivity index (χ4n) is 2.73. The van der Waals surface area contributed by atoms with E-state index in [-0.39, 0.29) is 18.3 Å². The second-order valence-corrected chi connectivity index (χ2v) is 8.55. The van der Waals surface area contributed by atoms with Gasteiger partial charge in [-0.25, -0.2) is 12.8 Å². The molecule has 0 radical (unpaired) electrons. The van der Waals surface area contributed by atoms with E-state index < -0.39 is 10.0 Å². The van der Waals surface area contributed by atoms with Crippen molar-refractivity contribution in [1.29, 1.82) is 0 Å². The molecule has 0 aliphatic carbocycles. The predicted molar refractivity (Wildman–Crippen MR) is 106 cm³/mol. The summed E-state index contributed by atoms with van der Waals surface area (Å²) in [5.74, 6) is -0.639. The summed E-state index contributed by atoms with van der Waals surface area (Å²) in [6.07, 6.45) is 2.48. The first-order chi connectivity index (χ1) is 12.7. The van der Waals surface area contributed by atoms with Crippen molar-refractivity contribution >= 4 is 21.6 Å². The number of carbonyl (C=O) groups excluding carboxylic acids is 1. The molecule has 1 N–H and O–H groups in total. The Morgan fingerprint density at radius 2 is 1.78 bits per heavy atom. The van der Waals surface area contributed by atoms with Gasteiger partial charge in [-0.1, -0.05) is 24.3 Å². The molecule has 0 saturated heterocycles. The fourth-order valence-corrected chi connectivity index (χ4v) is 3.63. The Bertz CT molecular complexity index is 896. The topological polar surface area (TPSA) is 66.5 Å². The molecule has 2 aromatic carbocycles. The zero-order valence-corrected chi connectivity index (χ0v) is 16.6. The lowest BCUT2D eigenvalue weighted by molar-refractivity contribution is -0.119. The van der Waals surface area contributed by atoms with Crippen LogP contribution in [0.25, 0.3) is 0 Å². The molecule has 7 heteroatoms. The minimum absolute atomic E-state index is 0.264. The van der Waals surface area contributed by atoms with E-state index in [1.807, 2.05) is 26.0 Å². The lowest BCUT2D eigenvalue weighted by Crippen LogP contribution is -2.41. The van der Waals surface area contributed by atoms with Gasteiger partial charge in [0.15, 0.2) is 0 Å². The van der Waals surface area contributed by atoms with Crippen LogP contribution < -0.4 is 9.62 Å². The zero-order chi connectivity index (χ0) is 20.0. The highest BCUT2D eigenvalue weighted by Gasteiger charge is 2.22. The third-order valence-electron chi connectivity index (χ3n) is 4.20. The van der Waals surface area contributed by atoms with Gasteiger partial charge in [-0.05, 0) is 61.6 Å². The molecular formula is C20H25FN2O3S. The van der Waals surface area contributed by atoms with E-state index in [0.717, 1.165) is 27.3 Å². The molecule has 0 spiro atoms. The number of amides is 1. The summed E-state index contributed by atoms with van der Waals surface area (Å²) in [5, 5.41) is 2.75. The van der Waals surface area contributed by atoms with Gasteiger partial charge >= 0.3 is 0 Å². The number of sulfonamides is 1. The van der Waals surface area contributed by atoms with Crippen LogP contribution in [0.3, 0.4) is 0 Å². The van der Waals surface area contributed by atoms with Crippen LogP contribution in [-0.2, 0) is 21.2 Å². The molecule has 2 aromatic rings. The zero-order valence-electron chi connectivity index (χ0n) is 15.8. The maximum atomic E-state index is 12.9. The van der Waals surface area contributed by atoms with Crippen LogP contribution in [0.5, 0.6) is 0 Å². The molecule has 146 valence electrons. The summed E-state index contributed by atoms with van der Waals surface area (Å²) < 4.78 is 38.4. The van der Waals surface area contributed by atoms with Gasteiger partial charge in [0.2, 0.25) is 15.9 Å². The van der Waals surface area contributed by atoms with Gasteiger partial charge in [0.1, 0.15) is 12.4 Å². The molecule has 0 aliphatic heterocycles. The molecule has 0 bridgehead atoms. The maximum absolute atomic E-state index is 12.9. The number of nitrogens with one attached hydrogen (secondary N) is 1. The molecule has 0 atom stereocenters. The summed E-state index contributed by atoms with van der Waals surface area (Å²) in [6, 6.07) is 11.7. The number of anilines is 1. The van der Waals surface area contributed by atoms with Gasteiger partial charge in [0, 0.05) is 6.54 Å². The van der Waals surface area contributed by atoms with Crippen LogP contribution in [0.4, 0.5) is 10.1 Å². The van der Waals surface area contributed by atoms with Gasteiger partial charge in [0.05, 0.1) is 11.9 Å². The first kappa shape index (κ1) is 20.9. The highest BCUT2D eigenvalue weighted by molar-refractivity contribution is 7.92. The normalized spacial score (nSPS) is 11.3. The van der Waals surface area contributed by atoms with Crippen molar-refractivity contribution in [3.05, 3.63) is 65.0 Å². The molecule has 5 nitrogen and oxygen atoms in total. The molecule has 0 saturated carbocycles. The second kappa shape index (κ2) is 8.99. The Morgan fingerprint density at radius 1 is 1.11 bits per heavy atom. The minimum atomic E-state index is -3.59. The van der Waals surface area contributed by atoms with Crippen LogP contribution in [0.2, 0.25) is 0 Å². The Hall–Kier alpha value is -2.41. The van der Waals surface area contributed by atoms with E-state index in [2.05, 4.69) is 5.32 Å². The van der Waals surface area contributed by atoms with Crippen molar-refractivity contribution in [2.75, 3.05) is 23.7 Å². The number of rotatable bonds is 8. The highest BCUT2D eigenvalue weighted by Crippen LogP contribution is 2.23. The van der Waals surface area contributed by atoms with Crippen LogP contribution in [0.15, 0.2) is 42.5 Å². The molecule has 0 aromatic heterocycles. The molecular weight excluding hydrogens is 367 g/mol. The molecule has 27 heavy (non-hydrogen) atoms. The summed E-state index contributed by atoms with van der Waals surface area (Å²) in [6.45, 7) is 3.84. The average Bonchev–Trinajstić information content (AvgIpc) is 2.59. The van der Waals surface area contributed by atoms with Crippen molar-refractivity contribution in [3.8, 4) is 0 Å². The van der Waals surface area contributed by atoms with Crippen LogP contribution >= 0.6 is 0 Å². The van der Waals surface area contributed by atoms with Crippen LogP contribution in [0, 0.1) is 19.7 Å². The molecule has 0 aliphatic rings. The largest absolute Gasteiger partial charge is 0.355 e. The third kappa shape index (κ3) is 6.36. The summed E-state index contributed by atoms with van der Waals surface area (Å²) in [4.78, 5) is 12.3. The highest BCUT2D eigenvalue weighted by atomic mass is 32.2. The minimum Gasteiger partial charge on any atom is -0.355 e. The van der Waals surface area contributed by atoms with Crippen LogP contribution in [0.1, 0.15) is 23.1 Å². The van der Waals surface area contributed by atoms with Gasteiger partial charge in [-0.2, -0.15) is 0 Å². The fraction of sp³-hybridized carbons (Fsp3) is 0.350. The first-order valence-corrected chi connectivity index (χ1v) is 10.6. The Morgan fingerprint density at radius 3 is 2.41 bits per heavy atom. The molecule has 0 unspecified atom stereocenters. The van der Waals surface area contributed by atoms with Crippen molar-refractivity contribution in [2.45, 2.75) is 26.7 Å². The summed E-state index contributed by atoms with van der Waals surface area (Å²) >= 11 is 0. The first-order valence-electron chi connectivity index (χ1n) is 8.73. The van der Waals surface area contributed by atoms with Gasteiger partial charge in [-0.15, -0.1) is 0 Å². The van der Waals surface area contributed by atoms with Crippen molar-refractivity contribution < 1.29 is 17.6 Å². The van der Waals surface area contributed by atoms with E-state index >= 15 is 0 Å². The van der Waals surface area contributed by atoms with Gasteiger partial charge in [-0.3, -0.25) is 9.10 Å². The Labute approximate surface area is 160 Å². The number of hydrogen-bond donors (Lipinski definition) is 1. The van der Waals surface area contributed by atoms with E-state index in [9.17, 15) is 17.6 Å². The van der Waals surface area contributed by atoms with E-state index in [0.29, 0.717) is 25.1 Å². The van der Waals surface area contributed by atoms with E-state index in [1.165, 1.54) is 12.1 Å². The molecule has 0 heterocycles. The number of benzene rings is 2. The molecule has 2 rings (SSSR count). The Balaban J connectivity index is 1.94. The predicted octanol–water partition coefficient (Wildman–Crippen LogP) is 2.96. The van der Waals surface area contributed by atoms with Crippen molar-refractivity contribution in [3.63, 3.8) is 0 Å². The van der Waals surface area contributed by atoms with E-state index in [4.69, 9.17) is 0 Å². The lowest BCUT2D eigenvalue weighted by atomic mass is 10.1. The van der Waals surface area contributed by atoms with Crippen LogP contribution in [-0.4, -0.2) is 33.7 Å². The number of nitrogens with zero attached hydrogens (tertiary/aromatic N) is 1. The Kier molecular flexibility index (Phi) is 6.96. The summed E-state index contributed by atoms with van der Waals surface area (Å²) in [7, 11) is -3.59. The number of halogens is 1. The van der Waals surface area contributed by atoms with Gasteiger partial charge < -0.3 is 5.32 Å². The lowest BCUT2D eigenvalue weighted by Gasteiger charge is -2.24. The SMILES string of the molecule is Cc1ccc(C)c(N(CC(=O)NCCCc2ccc(F)cc2)S(C)(=O)=O)c1. The monoisotopic (exact) mass is 392 g/mol. The number of hydrogen-bond acceptors (Lipinski definition) is 3. The maximum Gasteiger partial charge on any atom is 0.240 e. The smallest absolute Gasteiger partial charge is 0.240 e. The summed E-state index contributed by atoms with van der Waals surface area (Å²) in [5.41, 5.74) is 3.21. The van der Waals surface area contributed by atoms with Gasteiger partial charge in [0.25, 0.3) is 0 Å². The van der Waals surface area contributed by atoms with Crippen molar-refractivity contribution in [1.82, 2.24) is 5.32 Å². The quantitative estimate of drug-likeness (QED) is 0.703. The third-order valence-corrected chi connectivity index (χ3v) is 5.32. The van der Waals surface area contributed by atoms with E-state index in [1.54, 1.807) is 18.2 Å². The number of aryl methyl sites for hydroxylation is 3. The standard InChI is InChI=1S/C20H25FN2O3S/c1-15-6-7-16(2)19(13-15)23(27(3,25)26)14-20(24)22-12-4-5-17-8-10-18(21)11-9-17/h6-11,13H,4-5,12,14H2,1-3H3,(H,22,24). The molecule has 1 amide bonds. The second-order valence-electron chi connectivity index (χ2n) is 6.64.